The Labute approximate surface area is 154 Å². The highest BCUT2D eigenvalue weighted by Crippen LogP contribution is 2.17. The van der Waals surface area contributed by atoms with E-state index in [1.807, 2.05) is 30.3 Å². The van der Waals surface area contributed by atoms with Gasteiger partial charge in [0, 0.05) is 18.4 Å². The van der Waals surface area contributed by atoms with Gasteiger partial charge in [-0.1, -0.05) is 38.1 Å². The van der Waals surface area contributed by atoms with Crippen LogP contribution in [0.4, 0.5) is 5.69 Å². The van der Waals surface area contributed by atoms with Gasteiger partial charge in [-0.15, -0.1) is 0 Å². The number of carbonyl (C=O) groups excluding carboxylic acids is 1. The van der Waals surface area contributed by atoms with Crippen molar-refractivity contribution < 1.29 is 9.90 Å². The van der Waals surface area contributed by atoms with Crippen molar-refractivity contribution in [3.05, 3.63) is 71.4 Å². The zero-order valence-electron chi connectivity index (χ0n) is 15.0. The molecule has 0 aromatic heterocycles. The normalized spacial score (nSPS) is 11.1. The van der Waals surface area contributed by atoms with E-state index in [4.69, 9.17) is 0 Å². The molecule has 1 amide bonds. The predicted octanol–water partition coefficient (Wildman–Crippen LogP) is 3.69. The summed E-state index contributed by atoms with van der Waals surface area (Å²) in [6, 6.07) is 16.6. The highest BCUT2D eigenvalue weighted by Gasteiger charge is 2.08. The Balaban J connectivity index is 1.87. The van der Waals surface area contributed by atoms with Crippen molar-refractivity contribution in [3.8, 4) is 11.8 Å². The first-order chi connectivity index (χ1) is 12.5. The molecular weight excluding hydrogens is 326 g/mol. The number of phenolic OH excluding ortho intramolecular Hbond substituents is 1. The molecule has 5 heteroatoms. The zero-order valence-corrected chi connectivity index (χ0v) is 15.0. The summed E-state index contributed by atoms with van der Waals surface area (Å²) in [6.07, 6.45) is 2.04. The van der Waals surface area contributed by atoms with Crippen LogP contribution in [0.1, 0.15) is 30.9 Å². The maximum absolute atomic E-state index is 12.1. The summed E-state index contributed by atoms with van der Waals surface area (Å²) in [4.78, 5) is 12.1. The molecule has 3 N–H and O–H groups in total. The number of carbonyl (C=O) groups is 1. The van der Waals surface area contributed by atoms with Crippen LogP contribution in [-0.4, -0.2) is 17.6 Å². The van der Waals surface area contributed by atoms with Crippen LogP contribution in [0, 0.1) is 11.3 Å². The summed E-state index contributed by atoms with van der Waals surface area (Å²) in [7, 11) is 0. The van der Waals surface area contributed by atoms with Crippen molar-refractivity contribution in [3.63, 3.8) is 0 Å². The van der Waals surface area contributed by atoms with Crippen molar-refractivity contribution in [2.75, 3.05) is 11.9 Å². The van der Waals surface area contributed by atoms with Crippen LogP contribution in [0.25, 0.3) is 0 Å². The van der Waals surface area contributed by atoms with Crippen molar-refractivity contribution in [1.82, 2.24) is 5.32 Å². The van der Waals surface area contributed by atoms with E-state index in [0.717, 1.165) is 11.3 Å². The Hall–Kier alpha value is -3.26. The molecule has 0 atom stereocenters. The van der Waals surface area contributed by atoms with Gasteiger partial charge in [0.2, 0.25) is 0 Å². The third kappa shape index (κ3) is 5.67. The molecule has 2 rings (SSSR count). The van der Waals surface area contributed by atoms with E-state index < -0.39 is 5.91 Å². The topological polar surface area (TPSA) is 85.2 Å². The zero-order chi connectivity index (χ0) is 18.9. The summed E-state index contributed by atoms with van der Waals surface area (Å²) in [5, 5.41) is 24.2. The molecule has 134 valence electrons. The molecule has 0 unspecified atom stereocenters. The van der Waals surface area contributed by atoms with E-state index in [2.05, 4.69) is 24.5 Å². The second-order valence-corrected chi connectivity index (χ2v) is 6.26. The minimum absolute atomic E-state index is 0.0173. The van der Waals surface area contributed by atoms with Crippen LogP contribution in [0.3, 0.4) is 0 Å². The van der Waals surface area contributed by atoms with Crippen LogP contribution in [0.5, 0.6) is 5.75 Å². The maximum atomic E-state index is 12.1. The Morgan fingerprint density at radius 3 is 2.38 bits per heavy atom. The summed E-state index contributed by atoms with van der Waals surface area (Å²) in [5.41, 5.74) is 3.06. The van der Waals surface area contributed by atoms with Crippen molar-refractivity contribution in [2.24, 2.45) is 0 Å². The third-order valence-electron chi connectivity index (χ3n) is 3.96. The monoisotopic (exact) mass is 349 g/mol. The van der Waals surface area contributed by atoms with Gasteiger partial charge in [-0.25, -0.2) is 0 Å². The largest absolute Gasteiger partial charge is 0.508 e. The van der Waals surface area contributed by atoms with E-state index in [1.165, 1.54) is 11.8 Å². The molecular formula is C21H23N3O2. The molecule has 0 bridgehead atoms. The number of hydrogen-bond donors (Lipinski definition) is 3. The van der Waals surface area contributed by atoms with E-state index >= 15 is 0 Å². The van der Waals surface area contributed by atoms with Crippen LogP contribution in [-0.2, 0) is 11.2 Å². The minimum atomic E-state index is -0.419. The number of nitrogens with zero attached hydrogens (tertiary/aromatic N) is 1. The van der Waals surface area contributed by atoms with Gasteiger partial charge in [-0.3, -0.25) is 4.79 Å². The molecule has 0 aliphatic carbocycles. The highest BCUT2D eigenvalue weighted by molar-refractivity contribution is 5.97. The number of benzene rings is 2. The van der Waals surface area contributed by atoms with Crippen molar-refractivity contribution >= 4 is 11.6 Å². The second kappa shape index (κ2) is 9.28. The number of aromatic hydroxyl groups is 1. The quantitative estimate of drug-likeness (QED) is 0.526. The molecule has 0 fully saturated rings. The Morgan fingerprint density at radius 2 is 1.81 bits per heavy atom. The molecule has 0 aliphatic heterocycles. The SMILES string of the molecule is CC(C)c1ccc(N/C=C(/C#N)C(=O)NCCc2ccc(O)cc2)cc1. The fourth-order valence-electron chi connectivity index (χ4n) is 2.35. The van der Waals surface area contributed by atoms with Crippen LogP contribution >= 0.6 is 0 Å². The molecule has 0 spiro atoms. The Bertz CT molecular complexity index is 801. The first-order valence-electron chi connectivity index (χ1n) is 8.52. The lowest BCUT2D eigenvalue weighted by atomic mass is 10.0. The maximum Gasteiger partial charge on any atom is 0.263 e. The van der Waals surface area contributed by atoms with Gasteiger partial charge in [0.05, 0.1) is 0 Å². The molecule has 0 saturated carbocycles. The van der Waals surface area contributed by atoms with Gasteiger partial charge in [-0.2, -0.15) is 5.26 Å². The molecule has 5 nitrogen and oxygen atoms in total. The molecule has 2 aromatic rings. The van der Waals surface area contributed by atoms with Crippen molar-refractivity contribution in [1.29, 1.82) is 5.26 Å². The lowest BCUT2D eigenvalue weighted by Gasteiger charge is -2.08. The first-order valence-corrected chi connectivity index (χ1v) is 8.52. The lowest BCUT2D eigenvalue weighted by Crippen LogP contribution is -2.27. The average molecular weight is 349 g/mol. The number of hydrogen-bond acceptors (Lipinski definition) is 4. The second-order valence-electron chi connectivity index (χ2n) is 6.26. The van der Waals surface area contributed by atoms with E-state index in [0.29, 0.717) is 18.9 Å². The van der Waals surface area contributed by atoms with Crippen molar-refractivity contribution in [2.45, 2.75) is 26.2 Å². The summed E-state index contributed by atoms with van der Waals surface area (Å²) >= 11 is 0. The minimum Gasteiger partial charge on any atom is -0.508 e. The number of nitriles is 1. The van der Waals surface area contributed by atoms with Gasteiger partial charge in [0.1, 0.15) is 17.4 Å². The molecule has 26 heavy (non-hydrogen) atoms. The number of amides is 1. The number of phenols is 1. The molecule has 0 heterocycles. The Kier molecular flexibility index (Phi) is 6.81. The summed E-state index contributed by atoms with van der Waals surface area (Å²) in [6.45, 7) is 4.66. The van der Waals surface area contributed by atoms with Gasteiger partial charge in [-0.05, 0) is 47.7 Å². The Morgan fingerprint density at radius 1 is 1.15 bits per heavy atom. The fourth-order valence-corrected chi connectivity index (χ4v) is 2.35. The average Bonchev–Trinajstić information content (AvgIpc) is 2.64. The summed E-state index contributed by atoms with van der Waals surface area (Å²) in [5.74, 6) is 0.242. The van der Waals surface area contributed by atoms with Gasteiger partial charge < -0.3 is 15.7 Å². The molecule has 0 aliphatic rings. The molecule has 2 aromatic carbocycles. The van der Waals surface area contributed by atoms with Crippen LogP contribution in [0.2, 0.25) is 0 Å². The standard InChI is InChI=1S/C21H23N3O2/c1-15(2)17-5-7-19(8-6-17)24-14-18(13-22)21(26)23-12-11-16-3-9-20(25)10-4-16/h3-10,14-15,24-25H,11-12H2,1-2H3,(H,23,26)/b18-14-. The van der Waals surface area contributed by atoms with E-state index in [9.17, 15) is 15.2 Å². The third-order valence-corrected chi connectivity index (χ3v) is 3.96. The number of rotatable bonds is 7. The van der Waals surface area contributed by atoms with E-state index in [-0.39, 0.29) is 11.3 Å². The van der Waals surface area contributed by atoms with Gasteiger partial charge in [0.15, 0.2) is 0 Å². The lowest BCUT2D eigenvalue weighted by molar-refractivity contribution is -0.117. The highest BCUT2D eigenvalue weighted by atomic mass is 16.3. The van der Waals surface area contributed by atoms with Gasteiger partial charge in [0.25, 0.3) is 5.91 Å². The van der Waals surface area contributed by atoms with E-state index in [1.54, 1.807) is 24.3 Å². The van der Waals surface area contributed by atoms with Crippen LogP contribution in [0.15, 0.2) is 60.3 Å². The smallest absolute Gasteiger partial charge is 0.263 e. The summed E-state index contributed by atoms with van der Waals surface area (Å²) < 4.78 is 0. The fraction of sp³-hybridized carbons (Fsp3) is 0.238. The first kappa shape index (κ1) is 19.1. The number of nitrogens with one attached hydrogen (secondary N) is 2. The molecule has 0 saturated heterocycles. The van der Waals surface area contributed by atoms with Crippen LogP contribution < -0.4 is 10.6 Å². The predicted molar refractivity (Wildman–Crippen MR) is 103 cm³/mol. The molecule has 0 radical (unpaired) electrons. The van der Waals surface area contributed by atoms with Gasteiger partial charge >= 0.3 is 0 Å². The number of anilines is 1.